The number of aromatic nitrogens is 2. The molecule has 198 valence electrons. The highest BCUT2D eigenvalue weighted by Gasteiger charge is 2.21. The molecule has 2 heterocycles. The van der Waals surface area contributed by atoms with Gasteiger partial charge in [0.05, 0.1) is 17.6 Å². The molecule has 2 amide bonds. The Bertz CT molecular complexity index is 1350. The van der Waals surface area contributed by atoms with E-state index >= 15 is 0 Å². The number of halogens is 1. The van der Waals surface area contributed by atoms with Crippen LogP contribution in [0, 0.1) is 5.82 Å². The Morgan fingerprint density at radius 1 is 1.00 bits per heavy atom. The van der Waals surface area contributed by atoms with Gasteiger partial charge in [-0.2, -0.15) is 0 Å². The van der Waals surface area contributed by atoms with Crippen molar-refractivity contribution in [3.05, 3.63) is 89.7 Å². The third kappa shape index (κ3) is 6.65. The Morgan fingerprint density at radius 2 is 1.71 bits per heavy atom. The Hall–Kier alpha value is -3.56. The summed E-state index contributed by atoms with van der Waals surface area (Å²) in [6.07, 6.45) is 4.89. The number of piperidine rings is 1. The third-order valence-electron chi connectivity index (χ3n) is 6.95. The van der Waals surface area contributed by atoms with Crippen molar-refractivity contribution in [3.8, 4) is 0 Å². The zero-order valence-corrected chi connectivity index (χ0v) is 22.3. The molecule has 38 heavy (non-hydrogen) atoms. The molecular weight excluding hydrogens is 499 g/mol. The number of fused-ring (bicyclic) bond motifs is 1. The number of urea groups is 1. The van der Waals surface area contributed by atoms with Gasteiger partial charge in [-0.15, -0.1) is 0 Å². The second-order valence-electron chi connectivity index (χ2n) is 9.60. The van der Waals surface area contributed by atoms with E-state index in [1.807, 2.05) is 48.7 Å². The lowest BCUT2D eigenvalue weighted by atomic mass is 10.0. The topological polar surface area (TPSA) is 74.2 Å². The van der Waals surface area contributed by atoms with Crippen molar-refractivity contribution in [2.24, 2.45) is 0 Å². The monoisotopic (exact) mass is 532 g/mol. The maximum Gasteiger partial charge on any atom is 0.329 e. The highest BCUT2D eigenvalue weighted by Crippen LogP contribution is 2.24. The van der Waals surface area contributed by atoms with Crippen LogP contribution in [0.1, 0.15) is 24.0 Å². The first kappa shape index (κ1) is 26.1. The molecular formula is C29H33FN6OS. The second kappa shape index (κ2) is 12.3. The number of hydrogen-bond acceptors (Lipinski definition) is 5. The standard InChI is InChI=1S/C29H33FN6OS/c1-38-34-29(37)32-24-12-8-21(9-13-24)14-17-35-18-15-25(16-19-35)31-28-33-26-4-2-3-5-27(26)36(28)20-22-6-10-23(30)11-7-22/h2-13,25H,14-20H2,1H3,(H,31,33)(H2,32,34,37). The first-order valence-corrected chi connectivity index (χ1v) is 14.2. The molecule has 0 bridgehead atoms. The van der Waals surface area contributed by atoms with E-state index in [-0.39, 0.29) is 11.8 Å². The minimum Gasteiger partial charge on any atom is -0.353 e. The molecule has 9 heteroatoms. The average Bonchev–Trinajstić information content (AvgIpc) is 3.27. The fourth-order valence-electron chi connectivity index (χ4n) is 4.89. The van der Waals surface area contributed by atoms with Crippen LogP contribution in [-0.4, -0.2) is 52.4 Å². The Morgan fingerprint density at radius 3 is 2.45 bits per heavy atom. The van der Waals surface area contributed by atoms with E-state index in [0.29, 0.717) is 12.6 Å². The van der Waals surface area contributed by atoms with Gasteiger partial charge >= 0.3 is 6.03 Å². The molecule has 0 unspecified atom stereocenters. The fraction of sp³-hybridized carbons (Fsp3) is 0.310. The number of para-hydroxylation sites is 2. The van der Waals surface area contributed by atoms with Crippen LogP contribution in [0.5, 0.6) is 0 Å². The van der Waals surface area contributed by atoms with Crippen molar-refractivity contribution < 1.29 is 9.18 Å². The molecule has 1 aliphatic rings. The highest BCUT2D eigenvalue weighted by atomic mass is 32.2. The van der Waals surface area contributed by atoms with Gasteiger partial charge in [0, 0.05) is 37.6 Å². The minimum absolute atomic E-state index is 0.215. The number of benzene rings is 3. The number of rotatable bonds is 9. The zero-order valence-electron chi connectivity index (χ0n) is 21.5. The van der Waals surface area contributed by atoms with Gasteiger partial charge < -0.3 is 20.1 Å². The SMILES string of the molecule is CSNC(=O)Nc1ccc(CCN2CCC(Nc3nc4ccccc4n3Cc3ccc(F)cc3)CC2)cc1. The van der Waals surface area contributed by atoms with Crippen LogP contribution in [0.4, 0.5) is 20.8 Å². The Balaban J connectivity index is 1.15. The summed E-state index contributed by atoms with van der Waals surface area (Å²) in [5.41, 5.74) is 5.12. The number of nitrogens with zero attached hydrogens (tertiary/aromatic N) is 3. The molecule has 1 saturated heterocycles. The highest BCUT2D eigenvalue weighted by molar-refractivity contribution is 7.97. The van der Waals surface area contributed by atoms with Crippen molar-refractivity contribution in [1.82, 2.24) is 19.2 Å². The summed E-state index contributed by atoms with van der Waals surface area (Å²) in [4.78, 5) is 19.1. The first-order chi connectivity index (χ1) is 18.6. The normalized spacial score (nSPS) is 14.5. The number of likely N-dealkylation sites (tertiary alicyclic amines) is 1. The van der Waals surface area contributed by atoms with E-state index in [1.54, 1.807) is 0 Å². The average molecular weight is 533 g/mol. The van der Waals surface area contributed by atoms with Crippen molar-refractivity contribution in [2.45, 2.75) is 31.8 Å². The number of amides is 2. The van der Waals surface area contributed by atoms with Crippen LogP contribution in [0.2, 0.25) is 0 Å². The molecule has 3 aromatic carbocycles. The van der Waals surface area contributed by atoms with Crippen molar-refractivity contribution in [1.29, 1.82) is 0 Å². The summed E-state index contributed by atoms with van der Waals surface area (Å²) in [7, 11) is 0. The Labute approximate surface area is 227 Å². The number of anilines is 2. The van der Waals surface area contributed by atoms with Crippen molar-refractivity contribution in [3.63, 3.8) is 0 Å². The molecule has 0 spiro atoms. The summed E-state index contributed by atoms with van der Waals surface area (Å²) in [6, 6.07) is 23.0. The van der Waals surface area contributed by atoms with Crippen LogP contribution in [0.15, 0.2) is 72.8 Å². The lowest BCUT2D eigenvalue weighted by Crippen LogP contribution is -2.40. The summed E-state index contributed by atoms with van der Waals surface area (Å²) < 4.78 is 18.3. The number of carbonyl (C=O) groups excluding carboxylic acids is 1. The zero-order chi connectivity index (χ0) is 26.3. The van der Waals surface area contributed by atoms with Gasteiger partial charge in [0.25, 0.3) is 0 Å². The van der Waals surface area contributed by atoms with Gasteiger partial charge in [-0.05, 0) is 66.8 Å². The molecule has 0 atom stereocenters. The van der Waals surface area contributed by atoms with E-state index in [2.05, 4.69) is 43.0 Å². The molecule has 4 aromatic rings. The molecule has 0 radical (unpaired) electrons. The molecule has 1 aromatic heterocycles. The third-order valence-corrected chi connectivity index (χ3v) is 7.34. The van der Waals surface area contributed by atoms with E-state index in [9.17, 15) is 9.18 Å². The molecule has 1 aliphatic heterocycles. The van der Waals surface area contributed by atoms with Gasteiger partial charge in [-0.3, -0.25) is 4.72 Å². The van der Waals surface area contributed by atoms with Gasteiger partial charge in [0.1, 0.15) is 5.82 Å². The van der Waals surface area contributed by atoms with Gasteiger partial charge in [-0.25, -0.2) is 14.2 Å². The van der Waals surface area contributed by atoms with E-state index in [4.69, 9.17) is 4.98 Å². The van der Waals surface area contributed by atoms with Crippen molar-refractivity contribution >= 4 is 40.6 Å². The Kier molecular flexibility index (Phi) is 8.45. The summed E-state index contributed by atoms with van der Waals surface area (Å²) >= 11 is 1.27. The summed E-state index contributed by atoms with van der Waals surface area (Å²) in [5, 5.41) is 6.52. The number of hydrogen-bond donors (Lipinski definition) is 3. The largest absolute Gasteiger partial charge is 0.353 e. The molecule has 7 nitrogen and oxygen atoms in total. The van der Waals surface area contributed by atoms with Crippen LogP contribution >= 0.6 is 11.9 Å². The smallest absolute Gasteiger partial charge is 0.329 e. The maximum absolute atomic E-state index is 13.4. The molecule has 3 N–H and O–H groups in total. The van der Waals surface area contributed by atoms with Gasteiger partial charge in [0.15, 0.2) is 0 Å². The maximum atomic E-state index is 13.4. The van der Waals surface area contributed by atoms with E-state index in [0.717, 1.165) is 67.1 Å². The van der Waals surface area contributed by atoms with Gasteiger partial charge in [0.2, 0.25) is 5.95 Å². The van der Waals surface area contributed by atoms with Crippen molar-refractivity contribution in [2.75, 3.05) is 36.5 Å². The van der Waals surface area contributed by atoms with Crippen LogP contribution in [-0.2, 0) is 13.0 Å². The second-order valence-corrected chi connectivity index (χ2v) is 10.2. The van der Waals surface area contributed by atoms with Gasteiger partial charge in [-0.1, -0.05) is 48.3 Å². The molecule has 1 fully saturated rings. The van der Waals surface area contributed by atoms with E-state index in [1.165, 1.54) is 29.6 Å². The van der Waals surface area contributed by atoms with Crippen LogP contribution in [0.25, 0.3) is 11.0 Å². The summed E-state index contributed by atoms with van der Waals surface area (Å²) in [5.74, 6) is 0.646. The lowest BCUT2D eigenvalue weighted by Gasteiger charge is -2.32. The number of carbonyl (C=O) groups is 1. The van der Waals surface area contributed by atoms with Crippen LogP contribution in [0.3, 0.4) is 0 Å². The quantitative estimate of drug-likeness (QED) is 0.240. The summed E-state index contributed by atoms with van der Waals surface area (Å²) in [6.45, 7) is 3.71. The minimum atomic E-state index is -0.223. The fourth-order valence-corrected chi connectivity index (χ4v) is 5.13. The molecule has 0 saturated carbocycles. The van der Waals surface area contributed by atoms with Crippen LogP contribution < -0.4 is 15.4 Å². The predicted octanol–water partition coefficient (Wildman–Crippen LogP) is 5.74. The first-order valence-electron chi connectivity index (χ1n) is 12.9. The number of imidazole rings is 1. The molecule has 0 aliphatic carbocycles. The molecule has 5 rings (SSSR count). The lowest BCUT2D eigenvalue weighted by molar-refractivity contribution is 0.221. The predicted molar refractivity (Wildman–Crippen MR) is 154 cm³/mol. The number of nitrogens with one attached hydrogen (secondary N) is 3. The van der Waals surface area contributed by atoms with E-state index < -0.39 is 0 Å².